The molecule has 2 aromatic carbocycles. The number of amides is 1. The quantitative estimate of drug-likeness (QED) is 0.895. The molecular weight excluding hydrogens is 355 g/mol. The Morgan fingerprint density at radius 1 is 1.08 bits per heavy atom. The second-order valence-corrected chi connectivity index (χ2v) is 8.51. The Bertz CT molecular complexity index is 971. The average molecular weight is 374 g/mol. The molecule has 0 radical (unpaired) electrons. The normalized spacial score (nSPS) is 16.3. The van der Waals surface area contributed by atoms with Crippen molar-refractivity contribution in [1.29, 1.82) is 0 Å². The smallest absolute Gasteiger partial charge is 0.236 e. The molecule has 0 bridgehead atoms. The first kappa shape index (κ1) is 17.0. The number of nitrogens with zero attached hydrogens (tertiary/aromatic N) is 1. The molecule has 2 aromatic rings. The Kier molecular flexibility index (Phi) is 4.19. The molecule has 0 saturated carbocycles. The predicted molar refractivity (Wildman–Crippen MR) is 98.1 cm³/mol. The molecule has 5 nitrogen and oxygen atoms in total. The number of benzene rings is 2. The molecule has 2 heterocycles. The van der Waals surface area contributed by atoms with Gasteiger partial charge in [0.1, 0.15) is 5.82 Å². The number of aryl methyl sites for hydroxylation is 2. The molecule has 136 valence electrons. The number of halogens is 1. The van der Waals surface area contributed by atoms with Crippen LogP contribution in [0.5, 0.6) is 0 Å². The number of rotatable bonds is 4. The van der Waals surface area contributed by atoms with E-state index in [1.165, 1.54) is 18.2 Å². The Morgan fingerprint density at radius 2 is 1.85 bits per heavy atom. The van der Waals surface area contributed by atoms with E-state index >= 15 is 0 Å². The third-order valence-corrected chi connectivity index (χ3v) is 6.05. The highest BCUT2D eigenvalue weighted by atomic mass is 32.2. The van der Waals surface area contributed by atoms with E-state index in [0.717, 1.165) is 36.2 Å². The molecule has 2 aliphatic rings. The standard InChI is InChI=1S/C19H19FN2O3S/c20-16-5-1-3-13(9-16)12-26(24,25)21-17-10-14-4-2-8-22-18(23)7-6-15(11-17)19(14)22/h1,3,5,9-11,21H,2,4,6-8,12H2. The topological polar surface area (TPSA) is 66.5 Å². The maximum absolute atomic E-state index is 13.3. The van der Waals surface area contributed by atoms with Crippen LogP contribution in [0.3, 0.4) is 0 Å². The van der Waals surface area contributed by atoms with Crippen molar-refractivity contribution in [3.63, 3.8) is 0 Å². The van der Waals surface area contributed by atoms with Crippen molar-refractivity contribution in [2.75, 3.05) is 16.2 Å². The van der Waals surface area contributed by atoms with Crippen LogP contribution >= 0.6 is 0 Å². The number of carbonyl (C=O) groups is 1. The maximum atomic E-state index is 13.3. The second kappa shape index (κ2) is 6.39. The molecule has 7 heteroatoms. The zero-order valence-corrected chi connectivity index (χ0v) is 15.0. The first-order chi connectivity index (χ1) is 12.4. The molecule has 0 atom stereocenters. The van der Waals surface area contributed by atoms with E-state index in [0.29, 0.717) is 24.1 Å². The number of sulfonamides is 1. The average Bonchev–Trinajstić information content (AvgIpc) is 2.57. The molecule has 0 spiro atoms. The van der Waals surface area contributed by atoms with E-state index in [1.807, 2.05) is 17.0 Å². The molecule has 0 saturated heterocycles. The summed E-state index contributed by atoms with van der Waals surface area (Å²) in [5, 5.41) is 0. The lowest BCUT2D eigenvalue weighted by molar-refractivity contribution is -0.119. The van der Waals surface area contributed by atoms with Gasteiger partial charge in [0.15, 0.2) is 0 Å². The van der Waals surface area contributed by atoms with Crippen LogP contribution in [0.4, 0.5) is 15.8 Å². The van der Waals surface area contributed by atoms with Gasteiger partial charge in [-0.15, -0.1) is 0 Å². The van der Waals surface area contributed by atoms with E-state index in [4.69, 9.17) is 0 Å². The van der Waals surface area contributed by atoms with Gasteiger partial charge in [-0.3, -0.25) is 9.52 Å². The molecule has 1 amide bonds. The van der Waals surface area contributed by atoms with Gasteiger partial charge < -0.3 is 4.90 Å². The molecular formula is C19H19FN2O3S. The highest BCUT2D eigenvalue weighted by Crippen LogP contribution is 2.38. The fourth-order valence-electron chi connectivity index (χ4n) is 3.77. The highest BCUT2D eigenvalue weighted by molar-refractivity contribution is 7.91. The lowest BCUT2D eigenvalue weighted by Crippen LogP contribution is -2.39. The van der Waals surface area contributed by atoms with Crippen molar-refractivity contribution >= 4 is 27.3 Å². The van der Waals surface area contributed by atoms with Crippen molar-refractivity contribution < 1.29 is 17.6 Å². The molecule has 0 fully saturated rings. The second-order valence-electron chi connectivity index (χ2n) is 6.78. The zero-order valence-electron chi connectivity index (χ0n) is 14.2. The highest BCUT2D eigenvalue weighted by Gasteiger charge is 2.30. The number of carbonyl (C=O) groups excluding carboxylic acids is 1. The molecule has 0 unspecified atom stereocenters. The van der Waals surface area contributed by atoms with Gasteiger partial charge in [0, 0.05) is 18.7 Å². The van der Waals surface area contributed by atoms with Crippen LogP contribution < -0.4 is 9.62 Å². The summed E-state index contributed by atoms with van der Waals surface area (Å²) in [6.07, 6.45) is 2.77. The molecule has 26 heavy (non-hydrogen) atoms. The van der Waals surface area contributed by atoms with Crippen LogP contribution in [0.25, 0.3) is 0 Å². The van der Waals surface area contributed by atoms with Crippen molar-refractivity contribution in [3.8, 4) is 0 Å². The van der Waals surface area contributed by atoms with Gasteiger partial charge in [0.05, 0.1) is 11.4 Å². The van der Waals surface area contributed by atoms with Crippen molar-refractivity contribution in [3.05, 3.63) is 58.9 Å². The van der Waals surface area contributed by atoms with Gasteiger partial charge in [0.2, 0.25) is 15.9 Å². The van der Waals surface area contributed by atoms with Gasteiger partial charge >= 0.3 is 0 Å². The van der Waals surface area contributed by atoms with Crippen LogP contribution in [0.15, 0.2) is 36.4 Å². The minimum absolute atomic E-state index is 0.137. The summed E-state index contributed by atoms with van der Waals surface area (Å²) in [6, 6.07) is 9.21. The van der Waals surface area contributed by atoms with E-state index in [-0.39, 0.29) is 11.7 Å². The monoisotopic (exact) mass is 374 g/mol. The van der Waals surface area contributed by atoms with E-state index in [9.17, 15) is 17.6 Å². The SMILES string of the molecule is O=C1CCc2cc(NS(=O)(=O)Cc3cccc(F)c3)cc3c2N1CCC3. The largest absolute Gasteiger partial charge is 0.312 e. The summed E-state index contributed by atoms with van der Waals surface area (Å²) in [5.41, 5.74) is 3.87. The predicted octanol–water partition coefficient (Wildman–Crippen LogP) is 2.99. The van der Waals surface area contributed by atoms with Crippen LogP contribution in [0, 0.1) is 5.82 Å². The van der Waals surface area contributed by atoms with Crippen molar-refractivity contribution in [2.24, 2.45) is 0 Å². The van der Waals surface area contributed by atoms with E-state index in [1.54, 1.807) is 6.07 Å². The third-order valence-electron chi connectivity index (χ3n) is 4.79. The van der Waals surface area contributed by atoms with Crippen molar-refractivity contribution in [1.82, 2.24) is 0 Å². The maximum Gasteiger partial charge on any atom is 0.236 e. The third kappa shape index (κ3) is 3.31. The molecule has 2 aliphatic heterocycles. The summed E-state index contributed by atoms with van der Waals surface area (Å²) in [5.74, 6) is -0.611. The number of hydrogen-bond acceptors (Lipinski definition) is 3. The van der Waals surface area contributed by atoms with E-state index < -0.39 is 15.8 Å². The first-order valence-electron chi connectivity index (χ1n) is 8.62. The van der Waals surface area contributed by atoms with Gasteiger partial charge in [-0.05, 0) is 60.2 Å². The van der Waals surface area contributed by atoms with Crippen molar-refractivity contribution in [2.45, 2.75) is 31.4 Å². The molecule has 0 aromatic heterocycles. The summed E-state index contributed by atoms with van der Waals surface area (Å²) in [6.45, 7) is 0.726. The lowest BCUT2D eigenvalue weighted by atomic mass is 9.91. The molecule has 0 aliphatic carbocycles. The van der Waals surface area contributed by atoms with Gasteiger partial charge in [0.25, 0.3) is 0 Å². The summed E-state index contributed by atoms with van der Waals surface area (Å²) in [7, 11) is -3.66. The van der Waals surface area contributed by atoms with Crippen LogP contribution in [-0.2, 0) is 33.4 Å². The van der Waals surface area contributed by atoms with Crippen LogP contribution in [0.1, 0.15) is 29.5 Å². The lowest BCUT2D eigenvalue weighted by Gasteiger charge is -2.35. The minimum atomic E-state index is -3.66. The Hall–Kier alpha value is -2.41. The first-order valence-corrected chi connectivity index (χ1v) is 10.3. The Balaban J connectivity index is 1.62. The number of nitrogens with one attached hydrogen (secondary N) is 1. The Labute approximate surface area is 151 Å². The Morgan fingerprint density at radius 3 is 2.62 bits per heavy atom. The van der Waals surface area contributed by atoms with Crippen LogP contribution in [0.2, 0.25) is 0 Å². The fraction of sp³-hybridized carbons (Fsp3) is 0.316. The summed E-state index contributed by atoms with van der Waals surface area (Å²) < 4.78 is 40.9. The summed E-state index contributed by atoms with van der Waals surface area (Å²) in [4.78, 5) is 13.9. The fourth-order valence-corrected chi connectivity index (χ4v) is 4.94. The molecule has 1 N–H and O–H groups in total. The minimum Gasteiger partial charge on any atom is -0.312 e. The van der Waals surface area contributed by atoms with Crippen LogP contribution in [-0.4, -0.2) is 20.9 Å². The van der Waals surface area contributed by atoms with Gasteiger partial charge in [-0.2, -0.15) is 0 Å². The van der Waals surface area contributed by atoms with Gasteiger partial charge in [-0.25, -0.2) is 12.8 Å². The van der Waals surface area contributed by atoms with Gasteiger partial charge in [-0.1, -0.05) is 12.1 Å². The molecule has 4 rings (SSSR count). The number of anilines is 2. The number of hydrogen-bond donors (Lipinski definition) is 1. The van der Waals surface area contributed by atoms with E-state index in [2.05, 4.69) is 4.72 Å². The summed E-state index contributed by atoms with van der Waals surface area (Å²) >= 11 is 0. The zero-order chi connectivity index (χ0) is 18.3.